The highest BCUT2D eigenvalue weighted by Crippen LogP contribution is 2.27. The first-order valence-corrected chi connectivity index (χ1v) is 6.67. The maximum absolute atomic E-state index is 6.13. The van der Waals surface area contributed by atoms with Crippen LogP contribution in [0.2, 0.25) is 5.02 Å². The predicted octanol–water partition coefficient (Wildman–Crippen LogP) is 4.23. The molecule has 3 nitrogen and oxygen atoms in total. The molecule has 0 spiro atoms. The van der Waals surface area contributed by atoms with Crippen LogP contribution in [0.3, 0.4) is 0 Å². The van der Waals surface area contributed by atoms with Crippen LogP contribution in [0.5, 0.6) is 0 Å². The van der Waals surface area contributed by atoms with Crippen LogP contribution in [-0.2, 0) is 0 Å². The molecule has 4 rings (SSSR count). The van der Waals surface area contributed by atoms with Gasteiger partial charge in [-0.1, -0.05) is 29.8 Å². The summed E-state index contributed by atoms with van der Waals surface area (Å²) >= 11 is 6.13. The molecule has 0 saturated heterocycles. The van der Waals surface area contributed by atoms with Gasteiger partial charge < -0.3 is 0 Å². The summed E-state index contributed by atoms with van der Waals surface area (Å²) in [6.45, 7) is 0. The monoisotopic (exact) mass is 279 g/mol. The number of para-hydroxylation sites is 1. The highest BCUT2D eigenvalue weighted by molar-refractivity contribution is 6.31. The third-order valence-corrected chi connectivity index (χ3v) is 3.60. The smallest absolute Gasteiger partial charge is 0.108 e. The molecule has 0 aliphatic heterocycles. The van der Waals surface area contributed by atoms with Crippen molar-refractivity contribution in [2.24, 2.45) is 0 Å². The van der Waals surface area contributed by atoms with Gasteiger partial charge in [-0.2, -0.15) is 0 Å². The molecule has 0 N–H and O–H groups in total. The molecule has 4 aromatic rings. The summed E-state index contributed by atoms with van der Waals surface area (Å²) in [6, 6.07) is 15.8. The van der Waals surface area contributed by atoms with E-state index in [0.717, 1.165) is 27.6 Å². The summed E-state index contributed by atoms with van der Waals surface area (Å²) in [6.07, 6.45) is 3.62. The standard InChI is InChI=1S/C16H10ClN3/c17-11-6-7-14-13(8-11)16-15(9-18-14)19-10-20(16)12-4-2-1-3-5-12/h1-10H. The molecule has 0 saturated carbocycles. The fraction of sp³-hybridized carbons (Fsp3) is 0. The molecule has 0 aliphatic rings. The van der Waals surface area contributed by atoms with Crippen LogP contribution in [0.15, 0.2) is 61.1 Å². The fourth-order valence-corrected chi connectivity index (χ4v) is 2.62. The number of aromatic nitrogens is 3. The maximum Gasteiger partial charge on any atom is 0.108 e. The van der Waals surface area contributed by atoms with E-state index in [4.69, 9.17) is 11.6 Å². The Bertz CT molecular complexity index is 913. The molecule has 2 aromatic heterocycles. The van der Waals surface area contributed by atoms with E-state index in [1.165, 1.54) is 0 Å². The number of hydrogen-bond acceptors (Lipinski definition) is 2. The molecule has 0 bridgehead atoms. The first kappa shape index (κ1) is 11.4. The van der Waals surface area contributed by atoms with Crippen molar-refractivity contribution < 1.29 is 0 Å². The molecule has 0 fully saturated rings. The van der Waals surface area contributed by atoms with Crippen LogP contribution < -0.4 is 0 Å². The normalized spacial score (nSPS) is 11.2. The van der Waals surface area contributed by atoms with Gasteiger partial charge in [0.2, 0.25) is 0 Å². The van der Waals surface area contributed by atoms with Crippen LogP contribution in [-0.4, -0.2) is 14.5 Å². The Morgan fingerprint density at radius 1 is 0.900 bits per heavy atom. The minimum Gasteiger partial charge on any atom is -0.298 e. The van der Waals surface area contributed by atoms with Gasteiger partial charge in [0.15, 0.2) is 0 Å². The van der Waals surface area contributed by atoms with Gasteiger partial charge in [0, 0.05) is 16.1 Å². The summed E-state index contributed by atoms with van der Waals surface area (Å²) < 4.78 is 2.07. The largest absolute Gasteiger partial charge is 0.298 e. The molecule has 4 heteroatoms. The van der Waals surface area contributed by atoms with Crippen molar-refractivity contribution >= 4 is 33.5 Å². The van der Waals surface area contributed by atoms with E-state index < -0.39 is 0 Å². The summed E-state index contributed by atoms with van der Waals surface area (Å²) in [4.78, 5) is 8.86. The summed E-state index contributed by atoms with van der Waals surface area (Å²) in [5, 5.41) is 1.71. The number of benzene rings is 2. The highest BCUT2D eigenvalue weighted by atomic mass is 35.5. The minimum absolute atomic E-state index is 0.701. The molecule has 20 heavy (non-hydrogen) atoms. The van der Waals surface area contributed by atoms with Gasteiger partial charge in [0.1, 0.15) is 11.8 Å². The number of pyridine rings is 1. The van der Waals surface area contributed by atoms with E-state index in [9.17, 15) is 0 Å². The zero-order valence-electron chi connectivity index (χ0n) is 10.5. The lowest BCUT2D eigenvalue weighted by atomic mass is 10.2. The lowest BCUT2D eigenvalue weighted by Gasteiger charge is -2.06. The quantitative estimate of drug-likeness (QED) is 0.522. The summed E-state index contributed by atoms with van der Waals surface area (Å²) in [7, 11) is 0. The van der Waals surface area contributed by atoms with Crippen LogP contribution in [0, 0.1) is 0 Å². The SMILES string of the molecule is Clc1ccc2ncc3ncn(-c4ccccc4)c3c2c1. The molecule has 0 atom stereocenters. The van der Waals surface area contributed by atoms with Crippen LogP contribution in [0.1, 0.15) is 0 Å². The Morgan fingerprint density at radius 3 is 2.60 bits per heavy atom. The van der Waals surface area contributed by atoms with E-state index >= 15 is 0 Å². The first-order valence-electron chi connectivity index (χ1n) is 6.30. The second kappa shape index (κ2) is 4.32. The van der Waals surface area contributed by atoms with Crippen LogP contribution in [0.25, 0.3) is 27.6 Å². The number of fused-ring (bicyclic) bond motifs is 3. The third-order valence-electron chi connectivity index (χ3n) is 3.37. The molecule has 0 aliphatic carbocycles. The van der Waals surface area contributed by atoms with Gasteiger partial charge >= 0.3 is 0 Å². The zero-order chi connectivity index (χ0) is 13.5. The zero-order valence-corrected chi connectivity index (χ0v) is 11.2. The molecule has 0 amide bonds. The topological polar surface area (TPSA) is 30.7 Å². The van der Waals surface area contributed by atoms with Crippen molar-refractivity contribution in [1.82, 2.24) is 14.5 Å². The molecular formula is C16H10ClN3. The van der Waals surface area contributed by atoms with Gasteiger partial charge in [0.25, 0.3) is 0 Å². The Kier molecular flexibility index (Phi) is 2.47. The Labute approximate surface area is 120 Å². The lowest BCUT2D eigenvalue weighted by molar-refractivity contribution is 1.10. The first-order chi connectivity index (χ1) is 9.83. The van der Waals surface area contributed by atoms with E-state index in [2.05, 4.69) is 26.7 Å². The minimum atomic E-state index is 0.701. The molecule has 0 radical (unpaired) electrons. The maximum atomic E-state index is 6.13. The van der Waals surface area contributed by atoms with Crippen molar-refractivity contribution in [3.05, 3.63) is 66.1 Å². The van der Waals surface area contributed by atoms with Gasteiger partial charge in [-0.15, -0.1) is 0 Å². The van der Waals surface area contributed by atoms with Crippen LogP contribution >= 0.6 is 11.6 Å². The highest BCUT2D eigenvalue weighted by Gasteiger charge is 2.09. The summed E-state index contributed by atoms with van der Waals surface area (Å²) in [5.41, 5.74) is 3.88. The van der Waals surface area contributed by atoms with Crippen molar-refractivity contribution in [1.29, 1.82) is 0 Å². The number of hydrogen-bond donors (Lipinski definition) is 0. The number of nitrogens with zero attached hydrogens (tertiary/aromatic N) is 3. The van der Waals surface area contributed by atoms with Crippen molar-refractivity contribution in [3.63, 3.8) is 0 Å². The van der Waals surface area contributed by atoms with E-state index in [1.54, 1.807) is 6.20 Å². The van der Waals surface area contributed by atoms with Crippen molar-refractivity contribution in [2.45, 2.75) is 0 Å². The number of imidazole rings is 1. The van der Waals surface area contributed by atoms with E-state index in [-0.39, 0.29) is 0 Å². The molecule has 0 unspecified atom stereocenters. The van der Waals surface area contributed by atoms with Gasteiger partial charge in [-0.25, -0.2) is 4.98 Å². The lowest BCUT2D eigenvalue weighted by Crippen LogP contribution is -1.92. The van der Waals surface area contributed by atoms with Crippen LogP contribution in [0.4, 0.5) is 0 Å². The Hall–Kier alpha value is -2.39. The van der Waals surface area contributed by atoms with Gasteiger partial charge in [-0.3, -0.25) is 9.55 Å². The van der Waals surface area contributed by atoms with Crippen molar-refractivity contribution in [2.75, 3.05) is 0 Å². The Morgan fingerprint density at radius 2 is 1.75 bits per heavy atom. The number of halogens is 1. The molecule has 2 heterocycles. The second-order valence-electron chi connectivity index (χ2n) is 4.60. The van der Waals surface area contributed by atoms with Crippen molar-refractivity contribution in [3.8, 4) is 5.69 Å². The van der Waals surface area contributed by atoms with E-state index in [1.807, 2.05) is 42.7 Å². The average Bonchev–Trinajstić information content (AvgIpc) is 2.92. The van der Waals surface area contributed by atoms with E-state index in [0.29, 0.717) is 5.02 Å². The number of rotatable bonds is 1. The molecule has 2 aromatic carbocycles. The molecular weight excluding hydrogens is 270 g/mol. The van der Waals surface area contributed by atoms with Gasteiger partial charge in [0.05, 0.1) is 17.2 Å². The van der Waals surface area contributed by atoms with Gasteiger partial charge in [-0.05, 0) is 30.3 Å². The average molecular weight is 280 g/mol. The predicted molar refractivity (Wildman–Crippen MR) is 81.4 cm³/mol. The molecule has 96 valence electrons. The third kappa shape index (κ3) is 1.67. The fourth-order valence-electron chi connectivity index (χ4n) is 2.45. The Balaban J connectivity index is 2.15. The second-order valence-corrected chi connectivity index (χ2v) is 5.04. The summed E-state index contributed by atoms with van der Waals surface area (Å²) in [5.74, 6) is 0.